The molecule has 0 aliphatic carbocycles. The molecule has 14 rings (SSSR count). The summed E-state index contributed by atoms with van der Waals surface area (Å²) in [6.45, 7) is 14.2. The zero-order valence-corrected chi connectivity index (χ0v) is 41.6. The van der Waals surface area contributed by atoms with Crippen LogP contribution in [0.1, 0.15) is 52.7 Å². The Hall–Kier alpha value is -8.60. The number of aromatic nitrogens is 4. The molecule has 4 nitrogen and oxygen atoms in total. The standard InChI is InChI=1S/C68H54N4/c1-67(2,3)64-60(70-53-30-15-10-24-46(53)47-25-11-16-31-54(47)70)36-21-37-61(64)72-57-34-19-14-28-50(57)52-42-43(38-40-58(52)72)45-29-20-35-59-63(45)51-39-41-62(65(68(4,5)6)66(51)69(59)44-22-8-7-9-23-44)71-55-32-17-12-26-48(55)49-27-13-18-33-56(49)71/h7-42H,1-6H3. The Morgan fingerprint density at radius 2 is 0.681 bits per heavy atom. The van der Waals surface area contributed by atoms with E-state index in [0.717, 1.165) is 5.69 Å². The van der Waals surface area contributed by atoms with Crippen molar-refractivity contribution in [3.8, 4) is 33.9 Å². The van der Waals surface area contributed by atoms with E-state index >= 15 is 0 Å². The fourth-order valence-corrected chi connectivity index (χ4v) is 12.6. The maximum Gasteiger partial charge on any atom is 0.0599 e. The van der Waals surface area contributed by atoms with Crippen molar-refractivity contribution in [2.45, 2.75) is 52.4 Å². The number of hydrogen-bond acceptors (Lipinski definition) is 0. The third-order valence-electron chi connectivity index (χ3n) is 15.3. The number of fused-ring (bicyclic) bond motifs is 12. The predicted molar refractivity (Wildman–Crippen MR) is 307 cm³/mol. The van der Waals surface area contributed by atoms with E-state index in [2.05, 4.69) is 278 Å². The highest BCUT2D eigenvalue weighted by Gasteiger charge is 2.31. The highest BCUT2D eigenvalue weighted by atomic mass is 15.0. The zero-order chi connectivity index (χ0) is 48.6. The molecule has 4 heteroatoms. The van der Waals surface area contributed by atoms with Crippen LogP contribution in [0.15, 0.2) is 218 Å². The van der Waals surface area contributed by atoms with Crippen molar-refractivity contribution in [2.75, 3.05) is 0 Å². The lowest BCUT2D eigenvalue weighted by Crippen LogP contribution is -2.19. The zero-order valence-electron chi connectivity index (χ0n) is 41.6. The molecule has 0 fully saturated rings. The van der Waals surface area contributed by atoms with Crippen LogP contribution < -0.4 is 0 Å². The van der Waals surface area contributed by atoms with Gasteiger partial charge in [0.25, 0.3) is 0 Å². The van der Waals surface area contributed by atoms with Crippen LogP contribution in [0.5, 0.6) is 0 Å². The van der Waals surface area contributed by atoms with Crippen molar-refractivity contribution in [1.82, 2.24) is 18.3 Å². The molecule has 0 aliphatic heterocycles. The third-order valence-corrected chi connectivity index (χ3v) is 15.3. The second-order valence-corrected chi connectivity index (χ2v) is 21.7. The molecule has 346 valence electrons. The Morgan fingerprint density at radius 1 is 0.278 bits per heavy atom. The van der Waals surface area contributed by atoms with Gasteiger partial charge in [-0.2, -0.15) is 0 Å². The Kier molecular flexibility index (Phi) is 9.07. The molecule has 10 aromatic carbocycles. The summed E-state index contributed by atoms with van der Waals surface area (Å²) in [5.74, 6) is 0. The van der Waals surface area contributed by atoms with Crippen LogP contribution in [0.2, 0.25) is 0 Å². The van der Waals surface area contributed by atoms with E-state index in [1.54, 1.807) is 0 Å². The van der Waals surface area contributed by atoms with Crippen molar-refractivity contribution in [3.05, 3.63) is 230 Å². The van der Waals surface area contributed by atoms with Crippen molar-refractivity contribution >= 4 is 87.2 Å². The first-order valence-corrected chi connectivity index (χ1v) is 25.4. The lowest BCUT2D eigenvalue weighted by atomic mass is 9.83. The Bertz CT molecular complexity index is 4410. The van der Waals surface area contributed by atoms with E-state index < -0.39 is 0 Å². The molecule has 0 unspecified atom stereocenters. The molecule has 4 heterocycles. The molecule has 0 bridgehead atoms. The van der Waals surface area contributed by atoms with Crippen molar-refractivity contribution in [3.63, 3.8) is 0 Å². The van der Waals surface area contributed by atoms with Gasteiger partial charge in [-0.15, -0.1) is 0 Å². The quantitative estimate of drug-likeness (QED) is 0.164. The Morgan fingerprint density at radius 3 is 1.17 bits per heavy atom. The van der Waals surface area contributed by atoms with E-state index in [1.807, 2.05) is 0 Å². The number of hydrogen-bond donors (Lipinski definition) is 0. The fraction of sp³-hybridized carbons (Fsp3) is 0.118. The van der Waals surface area contributed by atoms with E-state index in [0.29, 0.717) is 0 Å². The Labute approximate surface area is 419 Å². The summed E-state index contributed by atoms with van der Waals surface area (Å²) in [4.78, 5) is 0. The number of benzene rings is 10. The number of para-hydroxylation sites is 6. The molecular formula is C68H54N4. The average molecular weight is 927 g/mol. The summed E-state index contributed by atoms with van der Waals surface area (Å²) in [6.07, 6.45) is 0. The summed E-state index contributed by atoms with van der Waals surface area (Å²) in [7, 11) is 0. The molecule has 0 saturated carbocycles. The SMILES string of the molecule is CC(C)(C)c1c(-n2c3ccccc3c3ccccc32)cccc1-n1c2ccccc2c2cc(-c3cccc4c3c3ccc(-n5c6ccccc6c6ccccc65)c(C(C)(C)C)c3n4-c3ccccc3)ccc21. The van der Waals surface area contributed by atoms with Gasteiger partial charge in [-0.25, -0.2) is 0 Å². The predicted octanol–water partition coefficient (Wildman–Crippen LogP) is 18.3. The molecule has 0 atom stereocenters. The first-order chi connectivity index (χ1) is 35.1. The minimum absolute atomic E-state index is 0.202. The molecule has 4 aromatic heterocycles. The van der Waals surface area contributed by atoms with E-state index in [4.69, 9.17) is 0 Å². The number of rotatable bonds is 5. The van der Waals surface area contributed by atoms with E-state index in [1.165, 1.54) is 127 Å². The maximum atomic E-state index is 2.54. The van der Waals surface area contributed by atoms with Crippen molar-refractivity contribution in [1.29, 1.82) is 0 Å². The maximum absolute atomic E-state index is 2.54. The summed E-state index contributed by atoms with van der Waals surface area (Å²) < 4.78 is 10.1. The lowest BCUT2D eigenvalue weighted by molar-refractivity contribution is 0.584. The summed E-state index contributed by atoms with van der Waals surface area (Å²) in [6, 6.07) is 81.1. The summed E-state index contributed by atoms with van der Waals surface area (Å²) in [5, 5.41) is 10.0. The van der Waals surface area contributed by atoms with Gasteiger partial charge in [-0.1, -0.05) is 181 Å². The molecule has 0 N–H and O–H groups in total. The molecule has 0 aliphatic rings. The number of nitrogens with zero attached hydrogens (tertiary/aromatic N) is 4. The van der Waals surface area contributed by atoms with Gasteiger partial charge >= 0.3 is 0 Å². The van der Waals surface area contributed by atoms with Crippen LogP contribution in [0.4, 0.5) is 0 Å². The van der Waals surface area contributed by atoms with Crippen LogP contribution in [0, 0.1) is 0 Å². The topological polar surface area (TPSA) is 19.7 Å². The molecule has 0 spiro atoms. The van der Waals surface area contributed by atoms with Crippen molar-refractivity contribution in [2.24, 2.45) is 0 Å². The van der Waals surface area contributed by atoms with Crippen LogP contribution in [-0.2, 0) is 10.8 Å². The van der Waals surface area contributed by atoms with Crippen LogP contribution in [0.3, 0.4) is 0 Å². The molecule has 0 saturated heterocycles. The van der Waals surface area contributed by atoms with E-state index in [9.17, 15) is 0 Å². The lowest BCUT2D eigenvalue weighted by Gasteiger charge is -2.28. The molecule has 0 amide bonds. The second kappa shape index (κ2) is 15.4. The van der Waals surface area contributed by atoms with Crippen molar-refractivity contribution < 1.29 is 0 Å². The van der Waals surface area contributed by atoms with Gasteiger partial charge in [-0.05, 0) is 101 Å². The monoisotopic (exact) mass is 926 g/mol. The van der Waals surface area contributed by atoms with E-state index in [-0.39, 0.29) is 10.8 Å². The van der Waals surface area contributed by atoms with Crippen LogP contribution >= 0.6 is 0 Å². The van der Waals surface area contributed by atoms with Gasteiger partial charge in [0.2, 0.25) is 0 Å². The van der Waals surface area contributed by atoms with Gasteiger partial charge in [0, 0.05) is 59.9 Å². The minimum Gasteiger partial charge on any atom is -0.309 e. The first kappa shape index (κ1) is 42.3. The Balaban J connectivity index is 1.04. The largest absolute Gasteiger partial charge is 0.309 e. The van der Waals surface area contributed by atoms with Gasteiger partial charge in [0.05, 0.1) is 61.2 Å². The fourth-order valence-electron chi connectivity index (χ4n) is 12.6. The summed E-state index contributed by atoms with van der Waals surface area (Å²) >= 11 is 0. The van der Waals surface area contributed by atoms with Crippen LogP contribution in [0.25, 0.3) is 121 Å². The van der Waals surface area contributed by atoms with Gasteiger partial charge < -0.3 is 18.3 Å². The normalized spacial score (nSPS) is 12.6. The van der Waals surface area contributed by atoms with Crippen LogP contribution in [-0.4, -0.2) is 18.3 Å². The highest BCUT2D eigenvalue weighted by molar-refractivity contribution is 6.19. The minimum atomic E-state index is -0.228. The highest BCUT2D eigenvalue weighted by Crippen LogP contribution is 2.48. The van der Waals surface area contributed by atoms with Gasteiger partial charge in [0.15, 0.2) is 0 Å². The second-order valence-electron chi connectivity index (χ2n) is 21.7. The molecular weight excluding hydrogens is 873 g/mol. The third kappa shape index (κ3) is 6.05. The first-order valence-electron chi connectivity index (χ1n) is 25.4. The van der Waals surface area contributed by atoms with Gasteiger partial charge in [0.1, 0.15) is 0 Å². The molecule has 72 heavy (non-hydrogen) atoms. The smallest absolute Gasteiger partial charge is 0.0599 e. The average Bonchev–Trinajstić information content (AvgIpc) is 4.13. The van der Waals surface area contributed by atoms with Gasteiger partial charge in [-0.3, -0.25) is 0 Å². The molecule has 14 aromatic rings. The summed E-state index contributed by atoms with van der Waals surface area (Å²) in [5.41, 5.74) is 19.0. The molecule has 0 radical (unpaired) electrons.